The Bertz CT molecular complexity index is 814. The zero-order valence-electron chi connectivity index (χ0n) is 10.7. The minimum Gasteiger partial charge on any atom is -0.382 e. The Morgan fingerprint density at radius 1 is 1.38 bits per heavy atom. The summed E-state index contributed by atoms with van der Waals surface area (Å²) in [5.41, 5.74) is 6.12. The maximum Gasteiger partial charge on any atom is 0.263 e. The molecule has 0 aliphatic heterocycles. The Morgan fingerprint density at radius 3 is 2.67 bits per heavy atom. The lowest BCUT2D eigenvalue weighted by Gasteiger charge is -2.11. The Morgan fingerprint density at radius 2 is 2.05 bits per heavy atom. The van der Waals surface area contributed by atoms with Crippen LogP contribution in [-0.4, -0.2) is 13.4 Å². The molecule has 0 radical (unpaired) electrons. The van der Waals surface area contributed by atoms with Gasteiger partial charge in [0.15, 0.2) is 0 Å². The largest absolute Gasteiger partial charge is 0.382 e. The SMILES string of the molecule is Cc1cc(Br)c(F)cc1NS(=O)(=O)c1cnc(N)c(Cl)c1. The summed E-state index contributed by atoms with van der Waals surface area (Å²) in [6, 6.07) is 3.74. The summed E-state index contributed by atoms with van der Waals surface area (Å²) < 4.78 is 40.5. The van der Waals surface area contributed by atoms with Crippen molar-refractivity contribution in [2.24, 2.45) is 0 Å². The molecule has 0 aliphatic rings. The number of halogens is 3. The fourth-order valence-corrected chi connectivity index (χ4v) is 3.32. The molecule has 1 heterocycles. The van der Waals surface area contributed by atoms with Gasteiger partial charge in [0, 0.05) is 6.20 Å². The molecule has 1 aromatic carbocycles. The summed E-state index contributed by atoms with van der Waals surface area (Å²) in [6.45, 7) is 1.65. The number of nitrogens with two attached hydrogens (primary N) is 1. The van der Waals surface area contributed by atoms with E-state index in [2.05, 4.69) is 25.6 Å². The van der Waals surface area contributed by atoms with Gasteiger partial charge in [-0.05, 0) is 46.6 Å². The number of pyridine rings is 1. The number of aromatic nitrogens is 1. The first-order valence-corrected chi connectivity index (χ1v) is 8.25. The van der Waals surface area contributed by atoms with E-state index in [9.17, 15) is 12.8 Å². The van der Waals surface area contributed by atoms with Crippen LogP contribution in [0.25, 0.3) is 0 Å². The minimum absolute atomic E-state index is 0.0246. The summed E-state index contributed by atoms with van der Waals surface area (Å²) >= 11 is 8.78. The zero-order valence-corrected chi connectivity index (χ0v) is 13.9. The van der Waals surface area contributed by atoms with Crippen molar-refractivity contribution in [3.8, 4) is 0 Å². The standard InChI is InChI=1S/C12H10BrClFN3O2S/c1-6-2-8(13)10(15)4-11(6)18-21(19,20)7-3-9(14)12(16)17-5-7/h2-5,18H,1H3,(H2,16,17). The molecule has 2 rings (SSSR count). The van der Waals surface area contributed by atoms with Crippen LogP contribution in [0.15, 0.2) is 33.8 Å². The molecule has 0 aliphatic carbocycles. The van der Waals surface area contributed by atoms with Gasteiger partial charge in [0.25, 0.3) is 10.0 Å². The highest BCUT2D eigenvalue weighted by Crippen LogP contribution is 2.27. The second-order valence-corrected chi connectivity index (χ2v) is 7.17. The summed E-state index contributed by atoms with van der Waals surface area (Å²) in [6.07, 6.45) is 1.08. The molecule has 1 aromatic heterocycles. The molecule has 9 heteroatoms. The highest BCUT2D eigenvalue weighted by Gasteiger charge is 2.18. The number of anilines is 2. The first kappa shape index (κ1) is 16.0. The molecule has 0 spiro atoms. The Kier molecular flexibility index (Phi) is 4.40. The molecule has 3 N–H and O–H groups in total. The van der Waals surface area contributed by atoms with Crippen molar-refractivity contribution in [1.29, 1.82) is 0 Å². The van der Waals surface area contributed by atoms with Gasteiger partial charge in [-0.3, -0.25) is 4.72 Å². The van der Waals surface area contributed by atoms with E-state index in [1.54, 1.807) is 6.92 Å². The van der Waals surface area contributed by atoms with Crippen LogP contribution in [0.3, 0.4) is 0 Å². The molecule has 0 fully saturated rings. The van der Waals surface area contributed by atoms with Gasteiger partial charge in [-0.15, -0.1) is 0 Å². The molecule has 5 nitrogen and oxygen atoms in total. The van der Waals surface area contributed by atoms with Gasteiger partial charge >= 0.3 is 0 Å². The third-order valence-electron chi connectivity index (χ3n) is 2.67. The quantitative estimate of drug-likeness (QED) is 0.836. The molecule has 21 heavy (non-hydrogen) atoms. The van der Waals surface area contributed by atoms with Crippen LogP contribution < -0.4 is 10.5 Å². The van der Waals surface area contributed by atoms with Gasteiger partial charge in [-0.2, -0.15) is 0 Å². The van der Waals surface area contributed by atoms with Crippen molar-refractivity contribution in [1.82, 2.24) is 4.98 Å². The van der Waals surface area contributed by atoms with Crippen LogP contribution in [0.1, 0.15) is 5.56 Å². The Hall–Kier alpha value is -1.38. The van der Waals surface area contributed by atoms with Gasteiger partial charge < -0.3 is 5.73 Å². The van der Waals surface area contributed by atoms with Gasteiger partial charge in [0.1, 0.15) is 16.5 Å². The molecular weight excluding hydrogens is 385 g/mol. The number of benzene rings is 1. The van der Waals surface area contributed by atoms with Crippen LogP contribution in [0.2, 0.25) is 5.02 Å². The van der Waals surface area contributed by atoms with E-state index in [0.29, 0.717) is 5.56 Å². The van der Waals surface area contributed by atoms with Crippen molar-refractivity contribution < 1.29 is 12.8 Å². The molecule has 112 valence electrons. The van der Waals surface area contributed by atoms with Gasteiger partial charge in [-0.25, -0.2) is 17.8 Å². The predicted octanol–water partition coefficient (Wildman–Crippen LogP) is 3.33. The second-order valence-electron chi connectivity index (χ2n) is 4.22. The first-order valence-electron chi connectivity index (χ1n) is 5.60. The molecule has 2 aromatic rings. The lowest BCUT2D eigenvalue weighted by atomic mass is 10.2. The van der Waals surface area contributed by atoms with Crippen LogP contribution in [0, 0.1) is 12.7 Å². The van der Waals surface area contributed by atoms with Crippen LogP contribution in [-0.2, 0) is 10.0 Å². The highest BCUT2D eigenvalue weighted by atomic mass is 79.9. The van der Waals surface area contributed by atoms with E-state index in [1.165, 1.54) is 12.1 Å². The summed E-state index contributed by atoms with van der Waals surface area (Å²) in [4.78, 5) is 3.52. The summed E-state index contributed by atoms with van der Waals surface area (Å²) in [5, 5.41) is 0.0246. The minimum atomic E-state index is -3.94. The number of nitrogens with zero attached hydrogens (tertiary/aromatic N) is 1. The van der Waals surface area contributed by atoms with E-state index >= 15 is 0 Å². The number of hydrogen-bond acceptors (Lipinski definition) is 4. The predicted molar refractivity (Wildman–Crippen MR) is 83.3 cm³/mol. The molecule has 0 unspecified atom stereocenters. The fourth-order valence-electron chi connectivity index (χ4n) is 1.54. The van der Waals surface area contributed by atoms with Crippen molar-refractivity contribution in [3.05, 3.63) is 45.3 Å². The van der Waals surface area contributed by atoms with Crippen LogP contribution in [0.4, 0.5) is 15.9 Å². The van der Waals surface area contributed by atoms with Crippen molar-refractivity contribution in [3.63, 3.8) is 0 Å². The fraction of sp³-hybridized carbons (Fsp3) is 0.0833. The number of hydrogen-bond donors (Lipinski definition) is 2. The molecule has 0 bridgehead atoms. The molecule has 0 saturated carbocycles. The number of nitrogen functional groups attached to an aromatic ring is 1. The summed E-state index contributed by atoms with van der Waals surface area (Å²) in [7, 11) is -3.94. The van der Waals surface area contributed by atoms with Gasteiger partial charge in [0.05, 0.1) is 15.2 Å². The van der Waals surface area contributed by atoms with Gasteiger partial charge in [0.2, 0.25) is 0 Å². The van der Waals surface area contributed by atoms with E-state index in [0.717, 1.165) is 12.3 Å². The molecule has 0 saturated heterocycles. The third-order valence-corrected chi connectivity index (χ3v) is 4.91. The average molecular weight is 395 g/mol. The zero-order chi connectivity index (χ0) is 15.8. The third kappa shape index (κ3) is 3.45. The molecular formula is C12H10BrClFN3O2S. The topological polar surface area (TPSA) is 85.1 Å². The molecule has 0 amide bonds. The van der Waals surface area contributed by atoms with E-state index in [4.69, 9.17) is 17.3 Å². The Balaban J connectivity index is 2.42. The molecule has 0 atom stereocenters. The van der Waals surface area contributed by atoms with Crippen LogP contribution in [0.5, 0.6) is 0 Å². The average Bonchev–Trinajstić information content (AvgIpc) is 2.39. The van der Waals surface area contributed by atoms with Crippen molar-refractivity contribution >= 4 is 49.1 Å². The van der Waals surface area contributed by atoms with Gasteiger partial charge in [-0.1, -0.05) is 11.6 Å². The number of sulfonamides is 1. The summed E-state index contributed by atoms with van der Waals surface area (Å²) in [5.74, 6) is -0.548. The number of rotatable bonds is 3. The highest BCUT2D eigenvalue weighted by molar-refractivity contribution is 9.10. The Labute approximate surface area is 134 Å². The maximum atomic E-state index is 13.5. The smallest absolute Gasteiger partial charge is 0.263 e. The van der Waals surface area contributed by atoms with E-state index in [1.807, 2.05) is 0 Å². The van der Waals surface area contributed by atoms with E-state index in [-0.39, 0.29) is 25.9 Å². The van der Waals surface area contributed by atoms with Crippen LogP contribution >= 0.6 is 27.5 Å². The van der Waals surface area contributed by atoms with Crippen molar-refractivity contribution in [2.75, 3.05) is 10.5 Å². The monoisotopic (exact) mass is 393 g/mol. The first-order chi connectivity index (χ1) is 9.70. The van der Waals surface area contributed by atoms with Crippen molar-refractivity contribution in [2.45, 2.75) is 11.8 Å². The maximum absolute atomic E-state index is 13.5. The lowest BCUT2D eigenvalue weighted by molar-refractivity contribution is 0.600. The van der Waals surface area contributed by atoms with E-state index < -0.39 is 15.8 Å². The number of aryl methyl sites for hydroxylation is 1. The number of nitrogens with one attached hydrogen (secondary N) is 1. The normalized spacial score (nSPS) is 11.4. The lowest BCUT2D eigenvalue weighted by Crippen LogP contribution is -2.14. The second kappa shape index (κ2) is 5.78.